The van der Waals surface area contributed by atoms with Crippen molar-refractivity contribution in [2.75, 3.05) is 18.8 Å². The molecular formula is C14H15N3O2S3. The lowest BCUT2D eigenvalue weighted by Crippen LogP contribution is -2.36. The summed E-state index contributed by atoms with van der Waals surface area (Å²) in [5.74, 6) is 0.656. The van der Waals surface area contributed by atoms with E-state index in [-0.39, 0.29) is 17.7 Å². The van der Waals surface area contributed by atoms with Crippen molar-refractivity contribution in [1.82, 2.24) is 15.2 Å². The second-order valence-electron chi connectivity index (χ2n) is 4.83. The summed E-state index contributed by atoms with van der Waals surface area (Å²) in [5, 5.41) is 5.95. The fraction of sp³-hybridized carbons (Fsp3) is 0.357. The molecule has 0 unspecified atom stereocenters. The third kappa shape index (κ3) is 3.68. The van der Waals surface area contributed by atoms with Crippen molar-refractivity contribution < 1.29 is 9.59 Å². The molecular weight excluding hydrogens is 338 g/mol. The molecule has 116 valence electrons. The lowest BCUT2D eigenvalue weighted by molar-refractivity contribution is -0.121. The van der Waals surface area contributed by atoms with Gasteiger partial charge in [0.05, 0.1) is 22.1 Å². The van der Waals surface area contributed by atoms with Gasteiger partial charge in [-0.1, -0.05) is 11.8 Å². The zero-order chi connectivity index (χ0) is 15.5. The molecule has 3 heterocycles. The van der Waals surface area contributed by atoms with Gasteiger partial charge in [0.2, 0.25) is 5.91 Å². The number of aryl methyl sites for hydroxylation is 1. The molecule has 1 aliphatic heterocycles. The highest BCUT2D eigenvalue weighted by molar-refractivity contribution is 8.13. The number of thioether (sulfide) groups is 1. The van der Waals surface area contributed by atoms with Gasteiger partial charge >= 0.3 is 0 Å². The Kier molecular flexibility index (Phi) is 4.80. The summed E-state index contributed by atoms with van der Waals surface area (Å²) in [7, 11) is 0. The Balaban J connectivity index is 1.52. The normalized spacial score (nSPS) is 14.6. The summed E-state index contributed by atoms with van der Waals surface area (Å²) < 4.78 is 0. The van der Waals surface area contributed by atoms with Gasteiger partial charge in [-0.05, 0) is 19.1 Å². The van der Waals surface area contributed by atoms with Crippen LogP contribution in [0.15, 0.2) is 17.5 Å². The minimum Gasteiger partial charge on any atom is -0.350 e. The number of hydrogen-bond acceptors (Lipinski definition) is 6. The van der Waals surface area contributed by atoms with Crippen LogP contribution in [0.1, 0.15) is 9.88 Å². The Morgan fingerprint density at radius 1 is 1.45 bits per heavy atom. The Morgan fingerprint density at radius 2 is 2.32 bits per heavy atom. The molecule has 2 amide bonds. The van der Waals surface area contributed by atoms with Crippen LogP contribution in [-0.4, -0.2) is 39.9 Å². The van der Waals surface area contributed by atoms with Crippen molar-refractivity contribution in [1.29, 1.82) is 0 Å². The van der Waals surface area contributed by atoms with Crippen LogP contribution in [-0.2, 0) is 11.3 Å². The maximum Gasteiger partial charge on any atom is 0.282 e. The molecule has 1 fully saturated rings. The van der Waals surface area contributed by atoms with E-state index in [0.29, 0.717) is 13.1 Å². The number of nitrogens with zero attached hydrogens (tertiary/aromatic N) is 2. The zero-order valence-corrected chi connectivity index (χ0v) is 14.4. The first-order chi connectivity index (χ1) is 10.6. The minimum atomic E-state index is -0.115. The van der Waals surface area contributed by atoms with Crippen molar-refractivity contribution in [2.45, 2.75) is 13.5 Å². The van der Waals surface area contributed by atoms with Crippen molar-refractivity contribution in [3.05, 3.63) is 27.4 Å². The number of amides is 2. The molecule has 0 aliphatic carbocycles. The van der Waals surface area contributed by atoms with E-state index < -0.39 is 0 Å². The van der Waals surface area contributed by atoms with Crippen molar-refractivity contribution in [2.24, 2.45) is 0 Å². The van der Waals surface area contributed by atoms with E-state index in [1.165, 1.54) is 11.8 Å². The van der Waals surface area contributed by atoms with Gasteiger partial charge in [-0.2, -0.15) is 0 Å². The lowest BCUT2D eigenvalue weighted by atomic mass is 10.3. The number of aromatic nitrogens is 1. The molecule has 1 saturated heterocycles. The number of thiazole rings is 1. The first kappa shape index (κ1) is 15.5. The smallest absolute Gasteiger partial charge is 0.282 e. The van der Waals surface area contributed by atoms with Crippen LogP contribution in [0.25, 0.3) is 10.6 Å². The van der Waals surface area contributed by atoms with Crippen LogP contribution >= 0.6 is 34.4 Å². The fourth-order valence-corrected chi connectivity index (χ4v) is 4.49. The topological polar surface area (TPSA) is 62.3 Å². The van der Waals surface area contributed by atoms with E-state index in [1.807, 2.05) is 24.4 Å². The quantitative estimate of drug-likeness (QED) is 0.898. The second-order valence-corrected chi connectivity index (χ2v) is 8.11. The standard InChI is InChI=1S/C14H15N3O2S3/c1-9-16-11(8-21-9)12-3-2-10(22-12)6-15-13(18)7-17-4-5-20-14(17)19/h2-3,8H,4-7H2,1H3,(H,15,18). The Hall–Kier alpha value is -1.38. The molecule has 22 heavy (non-hydrogen) atoms. The van der Waals surface area contributed by atoms with E-state index in [0.717, 1.165) is 26.2 Å². The molecule has 0 atom stereocenters. The molecule has 0 spiro atoms. The van der Waals surface area contributed by atoms with Crippen molar-refractivity contribution in [3.63, 3.8) is 0 Å². The SMILES string of the molecule is Cc1nc(-c2ccc(CNC(=O)CN3CCSC3=O)s2)cs1. The number of hydrogen-bond donors (Lipinski definition) is 1. The number of carbonyl (C=O) groups excluding carboxylic acids is 2. The predicted octanol–water partition coefficient (Wildman–Crippen LogP) is 2.97. The van der Waals surface area contributed by atoms with Crippen LogP contribution in [0.4, 0.5) is 4.79 Å². The van der Waals surface area contributed by atoms with Gasteiger partial charge in [-0.3, -0.25) is 9.59 Å². The van der Waals surface area contributed by atoms with Gasteiger partial charge < -0.3 is 10.2 Å². The van der Waals surface area contributed by atoms with Gasteiger partial charge in [0, 0.05) is 22.6 Å². The van der Waals surface area contributed by atoms with Crippen LogP contribution in [0.3, 0.4) is 0 Å². The van der Waals surface area contributed by atoms with E-state index in [9.17, 15) is 9.59 Å². The van der Waals surface area contributed by atoms with E-state index >= 15 is 0 Å². The molecule has 3 rings (SSSR count). The van der Waals surface area contributed by atoms with Crippen LogP contribution in [0.5, 0.6) is 0 Å². The van der Waals surface area contributed by atoms with Gasteiger partial charge in [0.25, 0.3) is 5.24 Å². The molecule has 0 bridgehead atoms. The van der Waals surface area contributed by atoms with Gasteiger partial charge in [-0.25, -0.2) is 4.98 Å². The molecule has 8 heteroatoms. The summed E-state index contributed by atoms with van der Waals surface area (Å²) in [4.78, 5) is 31.6. The van der Waals surface area contributed by atoms with Gasteiger partial charge in [0.15, 0.2) is 0 Å². The predicted molar refractivity (Wildman–Crippen MR) is 91.4 cm³/mol. The first-order valence-electron chi connectivity index (χ1n) is 6.81. The molecule has 0 aromatic carbocycles. The maximum atomic E-state index is 11.9. The lowest BCUT2D eigenvalue weighted by Gasteiger charge is -2.13. The maximum absolute atomic E-state index is 11.9. The molecule has 1 N–H and O–H groups in total. The Bertz CT molecular complexity index is 695. The first-order valence-corrected chi connectivity index (χ1v) is 9.49. The van der Waals surface area contributed by atoms with E-state index in [2.05, 4.69) is 10.3 Å². The average molecular weight is 353 g/mol. The highest BCUT2D eigenvalue weighted by Crippen LogP contribution is 2.28. The largest absolute Gasteiger partial charge is 0.350 e. The minimum absolute atomic E-state index is 0.00698. The summed E-state index contributed by atoms with van der Waals surface area (Å²) in [6.45, 7) is 3.28. The number of thiophene rings is 1. The molecule has 0 saturated carbocycles. The fourth-order valence-electron chi connectivity index (χ4n) is 2.07. The van der Waals surface area contributed by atoms with Crippen molar-refractivity contribution >= 4 is 45.6 Å². The summed E-state index contributed by atoms with van der Waals surface area (Å²) in [6, 6.07) is 4.03. The van der Waals surface area contributed by atoms with Gasteiger partial charge in [0.1, 0.15) is 6.54 Å². The Morgan fingerprint density at radius 3 is 3.00 bits per heavy atom. The highest BCUT2D eigenvalue weighted by Gasteiger charge is 2.23. The molecule has 5 nitrogen and oxygen atoms in total. The van der Waals surface area contributed by atoms with Crippen LogP contribution in [0.2, 0.25) is 0 Å². The van der Waals surface area contributed by atoms with Crippen LogP contribution < -0.4 is 5.32 Å². The number of rotatable bonds is 5. The highest BCUT2D eigenvalue weighted by atomic mass is 32.2. The summed E-state index contributed by atoms with van der Waals surface area (Å²) in [6.07, 6.45) is 0. The Labute approximate surface area is 140 Å². The third-order valence-corrected chi connectivity index (χ3v) is 5.95. The molecule has 0 radical (unpaired) electrons. The number of carbonyl (C=O) groups is 2. The van der Waals surface area contributed by atoms with Crippen molar-refractivity contribution in [3.8, 4) is 10.6 Å². The summed E-state index contributed by atoms with van der Waals surface area (Å²) in [5.41, 5.74) is 0.991. The monoisotopic (exact) mass is 353 g/mol. The van der Waals surface area contributed by atoms with Gasteiger partial charge in [-0.15, -0.1) is 22.7 Å². The zero-order valence-electron chi connectivity index (χ0n) is 12.0. The third-order valence-electron chi connectivity index (χ3n) is 3.17. The molecule has 1 aliphatic rings. The molecule has 2 aromatic rings. The average Bonchev–Trinajstić information content (AvgIpc) is 3.19. The van der Waals surface area contributed by atoms with E-state index in [4.69, 9.17) is 0 Å². The summed E-state index contributed by atoms with van der Waals surface area (Å²) >= 11 is 4.53. The molecule has 2 aromatic heterocycles. The second kappa shape index (κ2) is 6.80. The number of nitrogens with one attached hydrogen (secondary N) is 1. The van der Waals surface area contributed by atoms with E-state index in [1.54, 1.807) is 27.6 Å². The van der Waals surface area contributed by atoms with Crippen LogP contribution in [0, 0.1) is 6.92 Å².